The van der Waals surface area contributed by atoms with Crippen LogP contribution in [0.1, 0.15) is 11.1 Å². The van der Waals surface area contributed by atoms with Crippen LogP contribution in [0.5, 0.6) is 0 Å². The number of nitrogens with zero attached hydrogens (tertiary/aromatic N) is 2. The van der Waals surface area contributed by atoms with Crippen molar-refractivity contribution >= 4 is 51.5 Å². The fourth-order valence-electron chi connectivity index (χ4n) is 2.34. The number of anilines is 3. The van der Waals surface area contributed by atoms with Crippen LogP contribution in [0.4, 0.5) is 25.7 Å². The SMILES string of the molecule is Cc1cccc(NC(=O)NC(=O)CSc2nnc(Nc3cccc(F)c3)s2)c1C. The smallest absolute Gasteiger partial charge is 0.325 e. The number of benzene rings is 2. The van der Waals surface area contributed by atoms with E-state index in [1.54, 1.807) is 18.2 Å². The Morgan fingerprint density at radius 3 is 2.72 bits per heavy atom. The number of aromatic nitrogens is 2. The number of aryl methyl sites for hydroxylation is 1. The number of carbonyl (C=O) groups is 2. The number of thioether (sulfide) groups is 1. The first-order chi connectivity index (χ1) is 13.9. The molecular formula is C19H18FN5O2S2. The molecule has 0 spiro atoms. The van der Waals surface area contributed by atoms with Crippen LogP contribution in [0.25, 0.3) is 0 Å². The fraction of sp³-hybridized carbons (Fsp3) is 0.158. The molecule has 7 nitrogen and oxygen atoms in total. The Kier molecular flexibility index (Phi) is 6.78. The van der Waals surface area contributed by atoms with Crippen LogP contribution in [0.3, 0.4) is 0 Å². The van der Waals surface area contributed by atoms with Gasteiger partial charge in [0, 0.05) is 11.4 Å². The van der Waals surface area contributed by atoms with E-state index in [1.165, 1.54) is 23.5 Å². The molecule has 3 rings (SSSR count). The molecule has 0 atom stereocenters. The van der Waals surface area contributed by atoms with Gasteiger partial charge in [0.2, 0.25) is 11.0 Å². The normalized spacial score (nSPS) is 10.4. The Hall–Kier alpha value is -2.98. The molecule has 0 saturated carbocycles. The molecule has 3 amide bonds. The van der Waals surface area contributed by atoms with Crippen LogP contribution in [-0.4, -0.2) is 27.9 Å². The van der Waals surface area contributed by atoms with Gasteiger partial charge in [0.15, 0.2) is 4.34 Å². The predicted molar refractivity (Wildman–Crippen MR) is 113 cm³/mol. The number of hydrogen-bond donors (Lipinski definition) is 3. The summed E-state index contributed by atoms with van der Waals surface area (Å²) in [6.45, 7) is 3.84. The van der Waals surface area contributed by atoms with E-state index in [9.17, 15) is 14.0 Å². The standard InChI is InChI=1S/C19H18FN5O2S2/c1-11-5-3-8-15(12(11)2)22-17(27)23-16(26)10-28-19-25-24-18(29-19)21-14-7-4-6-13(20)9-14/h3-9H,10H2,1-2H3,(H,21,24)(H2,22,23,26,27). The number of halogens is 1. The Labute approximate surface area is 175 Å². The number of amides is 3. The molecule has 0 aliphatic carbocycles. The van der Waals surface area contributed by atoms with Gasteiger partial charge < -0.3 is 10.6 Å². The van der Waals surface area contributed by atoms with E-state index in [0.29, 0.717) is 20.8 Å². The molecule has 0 radical (unpaired) electrons. The van der Waals surface area contributed by atoms with Gasteiger partial charge in [-0.05, 0) is 49.2 Å². The van der Waals surface area contributed by atoms with E-state index in [4.69, 9.17) is 0 Å². The lowest BCUT2D eigenvalue weighted by atomic mass is 10.1. The molecule has 3 aromatic rings. The van der Waals surface area contributed by atoms with Crippen LogP contribution in [-0.2, 0) is 4.79 Å². The van der Waals surface area contributed by atoms with Gasteiger partial charge in [-0.2, -0.15) is 0 Å². The van der Waals surface area contributed by atoms with Gasteiger partial charge >= 0.3 is 6.03 Å². The van der Waals surface area contributed by atoms with Crippen molar-refractivity contribution in [2.24, 2.45) is 0 Å². The number of urea groups is 1. The number of rotatable bonds is 6. The van der Waals surface area contributed by atoms with Crippen molar-refractivity contribution in [2.75, 3.05) is 16.4 Å². The predicted octanol–water partition coefficient (Wildman–Crippen LogP) is 4.48. The molecule has 1 heterocycles. The highest BCUT2D eigenvalue weighted by atomic mass is 32.2. The van der Waals surface area contributed by atoms with Crippen molar-refractivity contribution in [3.05, 3.63) is 59.4 Å². The van der Waals surface area contributed by atoms with Crippen molar-refractivity contribution in [1.82, 2.24) is 15.5 Å². The maximum absolute atomic E-state index is 13.2. The van der Waals surface area contributed by atoms with E-state index in [-0.39, 0.29) is 11.6 Å². The highest BCUT2D eigenvalue weighted by molar-refractivity contribution is 8.01. The minimum absolute atomic E-state index is 0.00875. The van der Waals surface area contributed by atoms with Gasteiger partial charge in [0.25, 0.3) is 0 Å². The molecule has 0 aliphatic heterocycles. The molecule has 2 aromatic carbocycles. The lowest BCUT2D eigenvalue weighted by Gasteiger charge is -2.10. The van der Waals surface area contributed by atoms with Gasteiger partial charge in [-0.1, -0.05) is 41.3 Å². The first-order valence-electron chi connectivity index (χ1n) is 8.56. The molecule has 0 unspecified atom stereocenters. The minimum atomic E-state index is -0.588. The highest BCUT2D eigenvalue weighted by Crippen LogP contribution is 2.27. The Morgan fingerprint density at radius 2 is 1.93 bits per heavy atom. The minimum Gasteiger partial charge on any atom is -0.330 e. The Morgan fingerprint density at radius 1 is 1.14 bits per heavy atom. The van der Waals surface area contributed by atoms with Crippen LogP contribution < -0.4 is 16.0 Å². The summed E-state index contributed by atoms with van der Waals surface area (Å²) < 4.78 is 13.8. The summed E-state index contributed by atoms with van der Waals surface area (Å²) in [5, 5.41) is 16.3. The summed E-state index contributed by atoms with van der Waals surface area (Å²) in [6, 6.07) is 10.9. The molecule has 0 aliphatic rings. The maximum atomic E-state index is 13.2. The third-order valence-corrected chi connectivity index (χ3v) is 5.89. The van der Waals surface area contributed by atoms with E-state index >= 15 is 0 Å². The van der Waals surface area contributed by atoms with E-state index in [2.05, 4.69) is 26.1 Å². The van der Waals surface area contributed by atoms with E-state index < -0.39 is 11.9 Å². The van der Waals surface area contributed by atoms with Crippen LogP contribution >= 0.6 is 23.1 Å². The van der Waals surface area contributed by atoms with Crippen LogP contribution in [0.2, 0.25) is 0 Å². The number of carbonyl (C=O) groups excluding carboxylic acids is 2. The summed E-state index contributed by atoms with van der Waals surface area (Å²) in [4.78, 5) is 24.0. The van der Waals surface area contributed by atoms with Gasteiger partial charge in [0.05, 0.1) is 5.75 Å². The van der Waals surface area contributed by atoms with Crippen molar-refractivity contribution in [3.63, 3.8) is 0 Å². The fourth-order valence-corrected chi connectivity index (χ4v) is 3.91. The van der Waals surface area contributed by atoms with E-state index in [1.807, 2.05) is 26.0 Å². The molecule has 0 saturated heterocycles. The molecule has 3 N–H and O–H groups in total. The van der Waals surface area contributed by atoms with E-state index in [0.717, 1.165) is 22.9 Å². The average Bonchev–Trinajstić information content (AvgIpc) is 3.11. The molecule has 29 heavy (non-hydrogen) atoms. The van der Waals surface area contributed by atoms with Gasteiger partial charge in [-0.3, -0.25) is 10.1 Å². The quantitative estimate of drug-likeness (QED) is 0.498. The summed E-state index contributed by atoms with van der Waals surface area (Å²) in [7, 11) is 0. The third-order valence-electron chi connectivity index (χ3n) is 3.91. The molecule has 1 aromatic heterocycles. The Balaban J connectivity index is 1.47. The number of nitrogens with one attached hydrogen (secondary N) is 3. The monoisotopic (exact) mass is 431 g/mol. The van der Waals surface area contributed by atoms with Crippen molar-refractivity contribution in [1.29, 1.82) is 0 Å². The Bertz CT molecular complexity index is 1040. The molecule has 150 valence electrons. The largest absolute Gasteiger partial charge is 0.330 e. The van der Waals surface area contributed by atoms with Crippen molar-refractivity contribution < 1.29 is 14.0 Å². The summed E-state index contributed by atoms with van der Waals surface area (Å²) >= 11 is 2.38. The zero-order valence-electron chi connectivity index (χ0n) is 15.7. The zero-order valence-corrected chi connectivity index (χ0v) is 17.3. The first kappa shape index (κ1) is 20.7. The van der Waals surface area contributed by atoms with Crippen molar-refractivity contribution in [2.45, 2.75) is 18.2 Å². The van der Waals surface area contributed by atoms with Crippen LogP contribution in [0, 0.1) is 19.7 Å². The second kappa shape index (κ2) is 9.48. The summed E-state index contributed by atoms with van der Waals surface area (Å²) in [5.74, 6) is -0.799. The van der Waals surface area contributed by atoms with Gasteiger partial charge in [-0.25, -0.2) is 9.18 Å². The molecular weight excluding hydrogens is 413 g/mol. The molecule has 10 heteroatoms. The number of imide groups is 1. The zero-order chi connectivity index (χ0) is 20.8. The first-order valence-corrected chi connectivity index (χ1v) is 10.4. The second-order valence-electron chi connectivity index (χ2n) is 6.05. The third kappa shape index (κ3) is 6.00. The van der Waals surface area contributed by atoms with Crippen molar-refractivity contribution in [3.8, 4) is 0 Å². The second-order valence-corrected chi connectivity index (χ2v) is 8.25. The molecule has 0 bridgehead atoms. The molecule has 0 fully saturated rings. The lowest BCUT2D eigenvalue weighted by molar-refractivity contribution is -0.117. The average molecular weight is 432 g/mol. The number of hydrogen-bond acceptors (Lipinski definition) is 7. The maximum Gasteiger partial charge on any atom is 0.325 e. The topological polar surface area (TPSA) is 96.0 Å². The van der Waals surface area contributed by atoms with Crippen LogP contribution in [0.15, 0.2) is 46.8 Å². The van der Waals surface area contributed by atoms with Gasteiger partial charge in [-0.15, -0.1) is 10.2 Å². The highest BCUT2D eigenvalue weighted by Gasteiger charge is 2.12. The lowest BCUT2D eigenvalue weighted by Crippen LogP contribution is -2.35. The summed E-state index contributed by atoms with van der Waals surface area (Å²) in [6.07, 6.45) is 0. The van der Waals surface area contributed by atoms with Gasteiger partial charge in [0.1, 0.15) is 5.82 Å². The summed E-state index contributed by atoms with van der Waals surface area (Å²) in [5.41, 5.74) is 3.19.